The van der Waals surface area contributed by atoms with E-state index in [2.05, 4.69) is 0 Å². The Bertz CT molecular complexity index is 1050. The zero-order valence-electron chi connectivity index (χ0n) is 13.3. The van der Waals surface area contributed by atoms with Crippen molar-refractivity contribution < 1.29 is 32.3 Å². The molecule has 1 aromatic heterocycles. The third-order valence-electron chi connectivity index (χ3n) is 3.53. The van der Waals surface area contributed by atoms with E-state index in [0.29, 0.717) is 10.6 Å². The topological polar surface area (TPSA) is 141 Å². The maximum Gasteiger partial charge on any atom is 0.418 e. The largest absolute Gasteiger partial charge is 0.418 e. The summed E-state index contributed by atoms with van der Waals surface area (Å²) in [5.74, 6) is -2.65. The normalized spacial score (nSPS) is 13.7. The number of aromatic nitrogens is 2. The molecule has 1 amide bonds. The van der Waals surface area contributed by atoms with Crippen LogP contribution in [-0.4, -0.2) is 25.2 Å². The van der Waals surface area contributed by atoms with E-state index in [1.807, 2.05) is 10.3 Å². The molecule has 1 aromatic carbocycles. The summed E-state index contributed by atoms with van der Waals surface area (Å²) in [5, 5.41) is 1.95. The summed E-state index contributed by atoms with van der Waals surface area (Å²) in [6, 6.07) is 1.20. The summed E-state index contributed by atoms with van der Waals surface area (Å²) in [6.07, 6.45) is -4.90. The van der Waals surface area contributed by atoms with Crippen LogP contribution in [0.25, 0.3) is 11.0 Å². The van der Waals surface area contributed by atoms with Crippen molar-refractivity contribution in [2.45, 2.75) is 25.8 Å². The molecule has 0 saturated heterocycles. The number of nitrogens with zero attached hydrogens (tertiary/aromatic N) is 1. The lowest BCUT2D eigenvalue weighted by Gasteiger charge is -2.20. The highest BCUT2D eigenvalue weighted by atomic mass is 31.2. The van der Waals surface area contributed by atoms with Crippen molar-refractivity contribution in [3.8, 4) is 0 Å². The molecule has 0 aliphatic carbocycles. The third-order valence-corrected chi connectivity index (χ3v) is 4.74. The number of carbonyl (C=O) groups excluding carboxylic acids is 1. The van der Waals surface area contributed by atoms with Gasteiger partial charge in [0, 0.05) is 6.92 Å². The fourth-order valence-electron chi connectivity index (χ4n) is 2.33. The molecule has 0 saturated carbocycles. The quantitative estimate of drug-likeness (QED) is 0.457. The lowest BCUT2D eigenvalue weighted by molar-refractivity contribution is -0.136. The van der Waals surface area contributed by atoms with Crippen LogP contribution in [0.1, 0.15) is 25.2 Å². The molecule has 0 aliphatic heterocycles. The molecular weight excluding hydrogens is 382 g/mol. The molecule has 26 heavy (non-hydrogen) atoms. The van der Waals surface area contributed by atoms with Crippen LogP contribution in [0.15, 0.2) is 21.7 Å². The van der Waals surface area contributed by atoms with Crippen LogP contribution >= 0.6 is 7.60 Å². The predicted molar refractivity (Wildman–Crippen MR) is 84.9 cm³/mol. The monoisotopic (exact) mass is 395 g/mol. The molecule has 1 heterocycles. The first-order valence-corrected chi connectivity index (χ1v) is 8.64. The van der Waals surface area contributed by atoms with Gasteiger partial charge in [-0.05, 0) is 19.1 Å². The van der Waals surface area contributed by atoms with E-state index in [9.17, 15) is 41.9 Å². The minimum atomic E-state index is -4.92. The molecule has 1 unspecified atom stereocenters. The van der Waals surface area contributed by atoms with Gasteiger partial charge in [-0.25, -0.2) is 0 Å². The molecule has 2 aromatic rings. The number of alkyl halides is 3. The average Bonchev–Trinajstić information content (AvgIpc) is 2.45. The van der Waals surface area contributed by atoms with E-state index < -0.39 is 53.3 Å². The Balaban J connectivity index is 2.99. The number of carbonyl (C=O) groups is 1. The summed E-state index contributed by atoms with van der Waals surface area (Å²) in [7, 11) is -4.92. The van der Waals surface area contributed by atoms with E-state index >= 15 is 0 Å². The summed E-state index contributed by atoms with van der Waals surface area (Å²) >= 11 is 0. The molecule has 1 atom stereocenters. The first-order chi connectivity index (χ1) is 11.7. The van der Waals surface area contributed by atoms with E-state index in [1.165, 1.54) is 0 Å². The van der Waals surface area contributed by atoms with Gasteiger partial charge in [0.15, 0.2) is 0 Å². The summed E-state index contributed by atoms with van der Waals surface area (Å²) < 4.78 is 51.6. The van der Waals surface area contributed by atoms with Gasteiger partial charge in [0.05, 0.1) is 22.3 Å². The van der Waals surface area contributed by atoms with Gasteiger partial charge < -0.3 is 20.1 Å². The number of hydrogen-bond acceptors (Lipinski definition) is 4. The smallest absolute Gasteiger partial charge is 0.326 e. The highest BCUT2D eigenvalue weighted by Gasteiger charge is 2.36. The van der Waals surface area contributed by atoms with Crippen molar-refractivity contribution in [1.29, 1.82) is 0 Å². The summed E-state index contributed by atoms with van der Waals surface area (Å²) in [6.45, 7) is 1.90. The number of anilines is 1. The SMILES string of the molecule is CC(=O)Nc1cc2c(cc1C(F)(F)F)[nH]c(=O)c(=O)n2C(C)P(=O)(O)O. The van der Waals surface area contributed by atoms with Gasteiger partial charge in [-0.15, -0.1) is 0 Å². The zero-order valence-corrected chi connectivity index (χ0v) is 14.2. The molecule has 0 aliphatic rings. The number of rotatable bonds is 3. The Hall–Kier alpha value is -2.43. The number of hydrogen-bond donors (Lipinski definition) is 4. The highest BCUT2D eigenvalue weighted by Crippen LogP contribution is 2.48. The van der Waals surface area contributed by atoms with Crippen LogP contribution in [-0.2, 0) is 15.5 Å². The predicted octanol–water partition coefficient (Wildman–Crippen LogP) is 1.36. The minimum Gasteiger partial charge on any atom is -0.326 e. The van der Waals surface area contributed by atoms with Crippen LogP contribution in [0.4, 0.5) is 18.9 Å². The lowest BCUT2D eigenvalue weighted by atomic mass is 10.1. The van der Waals surface area contributed by atoms with Gasteiger partial charge in [-0.1, -0.05) is 0 Å². The second-order valence-electron chi connectivity index (χ2n) is 5.44. The Labute approximate surface area is 142 Å². The van der Waals surface area contributed by atoms with Gasteiger partial charge >= 0.3 is 24.9 Å². The van der Waals surface area contributed by atoms with Crippen LogP contribution in [0, 0.1) is 0 Å². The van der Waals surface area contributed by atoms with Crippen molar-refractivity contribution in [2.75, 3.05) is 5.32 Å². The van der Waals surface area contributed by atoms with Crippen molar-refractivity contribution in [3.63, 3.8) is 0 Å². The third kappa shape index (κ3) is 3.71. The van der Waals surface area contributed by atoms with Crippen LogP contribution < -0.4 is 16.4 Å². The zero-order chi connectivity index (χ0) is 20.0. The first-order valence-electron chi connectivity index (χ1n) is 6.96. The van der Waals surface area contributed by atoms with E-state index in [-0.39, 0.29) is 5.52 Å². The summed E-state index contributed by atoms with van der Waals surface area (Å²) in [5.41, 5.74) is -5.60. The summed E-state index contributed by atoms with van der Waals surface area (Å²) in [4.78, 5) is 55.5. The van der Waals surface area contributed by atoms with Crippen molar-refractivity contribution in [3.05, 3.63) is 38.4 Å². The molecule has 2 rings (SSSR count). The molecule has 0 fully saturated rings. The van der Waals surface area contributed by atoms with Gasteiger partial charge in [0.1, 0.15) is 5.78 Å². The standard InChI is InChI=1S/C13H13F3N3O6P/c1-5(20)17-8-4-10-9(3-7(8)13(14,15)16)18-11(21)12(22)19(10)6(2)26(23,24)25/h3-4,6H,1-2H3,(H,17,20)(H,18,21)(H2,23,24,25). The van der Waals surface area contributed by atoms with Crippen LogP contribution in [0.2, 0.25) is 0 Å². The molecule has 0 bridgehead atoms. The molecule has 0 spiro atoms. The Morgan fingerprint density at radius 2 is 1.88 bits per heavy atom. The number of H-pyrrole nitrogens is 1. The van der Waals surface area contributed by atoms with Gasteiger partial charge in [0.25, 0.3) is 0 Å². The Kier molecular flexibility index (Phi) is 4.88. The second kappa shape index (κ2) is 6.38. The Morgan fingerprint density at radius 1 is 1.31 bits per heavy atom. The van der Waals surface area contributed by atoms with E-state index in [4.69, 9.17) is 0 Å². The fourth-order valence-corrected chi connectivity index (χ4v) is 2.86. The van der Waals surface area contributed by atoms with Gasteiger partial charge in [-0.2, -0.15) is 13.2 Å². The maximum atomic E-state index is 13.2. The van der Waals surface area contributed by atoms with Crippen molar-refractivity contribution >= 4 is 30.2 Å². The highest BCUT2D eigenvalue weighted by molar-refractivity contribution is 7.51. The lowest BCUT2D eigenvalue weighted by Crippen LogP contribution is -2.38. The van der Waals surface area contributed by atoms with Gasteiger partial charge in [0.2, 0.25) is 5.91 Å². The molecule has 13 heteroatoms. The van der Waals surface area contributed by atoms with Crippen LogP contribution in [0.5, 0.6) is 0 Å². The number of fused-ring (bicyclic) bond motifs is 1. The maximum absolute atomic E-state index is 13.2. The fraction of sp³-hybridized carbons (Fsp3) is 0.308. The van der Waals surface area contributed by atoms with Gasteiger partial charge in [-0.3, -0.25) is 23.5 Å². The van der Waals surface area contributed by atoms with E-state index in [0.717, 1.165) is 19.9 Å². The van der Waals surface area contributed by atoms with E-state index in [1.54, 1.807) is 0 Å². The number of halogens is 3. The number of nitrogens with one attached hydrogen (secondary N) is 2. The Morgan fingerprint density at radius 3 is 2.35 bits per heavy atom. The van der Waals surface area contributed by atoms with Crippen LogP contribution in [0.3, 0.4) is 0 Å². The second-order valence-corrected chi connectivity index (χ2v) is 7.37. The van der Waals surface area contributed by atoms with Crippen molar-refractivity contribution in [2.24, 2.45) is 0 Å². The first kappa shape index (κ1) is 19.9. The number of aromatic amines is 1. The molecule has 4 N–H and O–H groups in total. The number of benzene rings is 1. The minimum absolute atomic E-state index is 0.387. The molecule has 0 radical (unpaired) electrons. The number of amides is 1. The molecule has 142 valence electrons. The molecule has 9 nitrogen and oxygen atoms in total. The van der Waals surface area contributed by atoms with Crippen molar-refractivity contribution in [1.82, 2.24) is 9.55 Å². The molecular formula is C13H13F3N3O6P. The average molecular weight is 395 g/mol.